The van der Waals surface area contributed by atoms with Crippen LogP contribution in [-0.4, -0.2) is 11.0 Å². The third-order valence-electron chi connectivity index (χ3n) is 3.89. The number of fused-ring (bicyclic) bond motifs is 1. The number of hydrogen-bond acceptors (Lipinski definition) is 2. The van der Waals surface area contributed by atoms with E-state index in [1.54, 1.807) is 12.3 Å². The Morgan fingerprint density at radius 1 is 1.36 bits per heavy atom. The summed E-state index contributed by atoms with van der Waals surface area (Å²) in [6.07, 6.45) is 3.38. The van der Waals surface area contributed by atoms with Crippen molar-refractivity contribution in [2.24, 2.45) is 0 Å². The molecule has 2 N–H and O–H groups in total. The van der Waals surface area contributed by atoms with Crippen LogP contribution < -0.4 is 10.6 Å². The first-order valence-corrected chi connectivity index (χ1v) is 7.36. The first-order chi connectivity index (χ1) is 10.6. The molecule has 0 radical (unpaired) electrons. The van der Waals surface area contributed by atoms with Gasteiger partial charge in [-0.3, -0.25) is 4.98 Å². The largest absolute Gasteiger partial charge is 0.332 e. The Kier molecular flexibility index (Phi) is 4.04. The summed E-state index contributed by atoms with van der Waals surface area (Å²) in [5.74, 6) is -0.267. The van der Waals surface area contributed by atoms with Crippen LogP contribution in [0.3, 0.4) is 0 Å². The van der Waals surface area contributed by atoms with Crippen molar-refractivity contribution in [3.05, 3.63) is 64.7 Å². The summed E-state index contributed by atoms with van der Waals surface area (Å²) in [5, 5.41) is 5.69. The molecule has 0 aliphatic heterocycles. The number of pyridine rings is 1. The van der Waals surface area contributed by atoms with Gasteiger partial charge in [-0.25, -0.2) is 9.18 Å². The van der Waals surface area contributed by atoms with E-state index < -0.39 is 0 Å². The highest BCUT2D eigenvalue weighted by Gasteiger charge is 2.24. The average Bonchev–Trinajstić information content (AvgIpc) is 2.88. The number of carbonyl (C=O) groups is 1. The molecule has 1 unspecified atom stereocenters. The maximum atomic E-state index is 13.3. The summed E-state index contributed by atoms with van der Waals surface area (Å²) in [5.41, 5.74) is 3.90. The molecule has 1 aliphatic carbocycles. The zero-order valence-electron chi connectivity index (χ0n) is 12.4. The molecule has 5 heteroatoms. The van der Waals surface area contributed by atoms with E-state index >= 15 is 0 Å². The zero-order chi connectivity index (χ0) is 15.5. The van der Waals surface area contributed by atoms with Gasteiger partial charge in [0.25, 0.3) is 0 Å². The van der Waals surface area contributed by atoms with E-state index in [0.29, 0.717) is 6.54 Å². The maximum Gasteiger partial charge on any atom is 0.315 e. The number of amides is 2. The minimum absolute atomic E-state index is 0.129. The maximum absolute atomic E-state index is 13.3. The quantitative estimate of drug-likeness (QED) is 0.915. The lowest BCUT2D eigenvalue weighted by Gasteiger charge is -2.15. The number of hydrogen-bond donors (Lipinski definition) is 2. The van der Waals surface area contributed by atoms with Crippen LogP contribution in [0.15, 0.2) is 36.5 Å². The number of benzene rings is 1. The Balaban J connectivity index is 1.58. The first-order valence-electron chi connectivity index (χ1n) is 7.36. The molecule has 3 rings (SSSR count). The molecule has 4 nitrogen and oxygen atoms in total. The van der Waals surface area contributed by atoms with Gasteiger partial charge in [-0.1, -0.05) is 6.07 Å². The van der Waals surface area contributed by atoms with E-state index in [2.05, 4.69) is 15.6 Å². The molecule has 2 amide bonds. The molecule has 0 spiro atoms. The topological polar surface area (TPSA) is 54.0 Å². The number of aryl methyl sites for hydroxylation is 2. The van der Waals surface area contributed by atoms with E-state index in [0.717, 1.165) is 35.2 Å². The fourth-order valence-electron chi connectivity index (χ4n) is 2.80. The van der Waals surface area contributed by atoms with Crippen molar-refractivity contribution >= 4 is 6.03 Å². The molecule has 1 atom stereocenters. The summed E-state index contributed by atoms with van der Waals surface area (Å²) in [7, 11) is 0. The highest BCUT2D eigenvalue weighted by Crippen LogP contribution is 2.31. The summed E-state index contributed by atoms with van der Waals surface area (Å²) in [6.45, 7) is 2.35. The Hall–Kier alpha value is -2.43. The fraction of sp³-hybridized carbons (Fsp3) is 0.294. The summed E-state index contributed by atoms with van der Waals surface area (Å²) in [6, 6.07) is 8.22. The number of nitrogens with one attached hydrogen (secondary N) is 2. The van der Waals surface area contributed by atoms with Crippen molar-refractivity contribution in [2.75, 3.05) is 0 Å². The van der Waals surface area contributed by atoms with Gasteiger partial charge in [-0.2, -0.15) is 0 Å². The standard InChI is InChI=1S/C17H18FN3O/c1-11-6-7-19-14(8-11)10-20-17(22)21-16-5-3-12-2-4-13(18)9-15(12)16/h2,4,6-9,16H,3,5,10H2,1H3,(H2,20,21,22). The van der Waals surface area contributed by atoms with Crippen LogP contribution in [0.4, 0.5) is 9.18 Å². The zero-order valence-corrected chi connectivity index (χ0v) is 12.4. The van der Waals surface area contributed by atoms with Gasteiger partial charge in [0.05, 0.1) is 18.3 Å². The lowest BCUT2D eigenvalue weighted by atomic mass is 10.1. The molecule has 1 aromatic carbocycles. The summed E-state index contributed by atoms with van der Waals surface area (Å²) < 4.78 is 13.3. The smallest absolute Gasteiger partial charge is 0.315 e. The van der Waals surface area contributed by atoms with Crippen LogP contribution in [0.1, 0.15) is 34.8 Å². The lowest BCUT2D eigenvalue weighted by Crippen LogP contribution is -2.37. The van der Waals surface area contributed by atoms with E-state index in [1.807, 2.05) is 19.1 Å². The fourth-order valence-corrected chi connectivity index (χ4v) is 2.80. The van der Waals surface area contributed by atoms with Crippen LogP contribution >= 0.6 is 0 Å². The third kappa shape index (κ3) is 3.24. The molecule has 1 aromatic heterocycles. The predicted octanol–water partition coefficient (Wildman–Crippen LogP) is 3.02. The predicted molar refractivity (Wildman–Crippen MR) is 81.8 cm³/mol. The molecule has 2 aromatic rings. The lowest BCUT2D eigenvalue weighted by molar-refractivity contribution is 0.236. The van der Waals surface area contributed by atoms with Crippen LogP contribution in [-0.2, 0) is 13.0 Å². The van der Waals surface area contributed by atoms with Crippen LogP contribution in [0.5, 0.6) is 0 Å². The first kappa shape index (κ1) is 14.5. The Morgan fingerprint density at radius 3 is 3.05 bits per heavy atom. The highest BCUT2D eigenvalue weighted by molar-refractivity contribution is 5.74. The van der Waals surface area contributed by atoms with E-state index in [1.165, 1.54) is 12.1 Å². The van der Waals surface area contributed by atoms with Crippen molar-refractivity contribution in [2.45, 2.75) is 32.4 Å². The molecular formula is C17H18FN3O. The normalized spacial score (nSPS) is 16.2. The number of aromatic nitrogens is 1. The van der Waals surface area contributed by atoms with E-state index in [4.69, 9.17) is 0 Å². The highest BCUT2D eigenvalue weighted by atomic mass is 19.1. The third-order valence-corrected chi connectivity index (χ3v) is 3.89. The van der Waals surface area contributed by atoms with Crippen molar-refractivity contribution in [3.63, 3.8) is 0 Å². The Bertz CT molecular complexity index is 702. The van der Waals surface area contributed by atoms with Gasteiger partial charge in [-0.05, 0) is 60.7 Å². The molecule has 1 heterocycles. The number of urea groups is 1. The Labute approximate surface area is 128 Å². The molecular weight excluding hydrogens is 281 g/mol. The molecule has 1 aliphatic rings. The van der Waals surface area contributed by atoms with Crippen molar-refractivity contribution < 1.29 is 9.18 Å². The number of carbonyl (C=O) groups excluding carboxylic acids is 1. The minimum atomic E-state index is -0.267. The number of nitrogens with zero attached hydrogens (tertiary/aromatic N) is 1. The molecule has 0 bridgehead atoms. The molecule has 0 saturated carbocycles. The van der Waals surface area contributed by atoms with Crippen LogP contribution in [0.2, 0.25) is 0 Å². The summed E-state index contributed by atoms with van der Waals surface area (Å²) >= 11 is 0. The van der Waals surface area contributed by atoms with E-state index in [9.17, 15) is 9.18 Å². The molecule has 0 saturated heterocycles. The van der Waals surface area contributed by atoms with Gasteiger partial charge in [-0.15, -0.1) is 0 Å². The van der Waals surface area contributed by atoms with Gasteiger partial charge >= 0.3 is 6.03 Å². The second kappa shape index (κ2) is 6.13. The van der Waals surface area contributed by atoms with Crippen LogP contribution in [0, 0.1) is 12.7 Å². The molecule has 0 fully saturated rings. The van der Waals surface area contributed by atoms with Gasteiger partial charge in [0.15, 0.2) is 0 Å². The summed E-state index contributed by atoms with van der Waals surface area (Å²) in [4.78, 5) is 16.2. The second-order valence-corrected chi connectivity index (χ2v) is 5.59. The van der Waals surface area contributed by atoms with Crippen molar-refractivity contribution in [3.8, 4) is 0 Å². The van der Waals surface area contributed by atoms with Crippen molar-refractivity contribution in [1.29, 1.82) is 0 Å². The molecule has 114 valence electrons. The van der Waals surface area contributed by atoms with Crippen LogP contribution in [0.25, 0.3) is 0 Å². The van der Waals surface area contributed by atoms with Gasteiger partial charge < -0.3 is 10.6 Å². The minimum Gasteiger partial charge on any atom is -0.332 e. The van der Waals surface area contributed by atoms with E-state index in [-0.39, 0.29) is 17.9 Å². The van der Waals surface area contributed by atoms with Gasteiger partial charge in [0.1, 0.15) is 5.82 Å². The Morgan fingerprint density at radius 2 is 2.23 bits per heavy atom. The second-order valence-electron chi connectivity index (χ2n) is 5.59. The van der Waals surface area contributed by atoms with Gasteiger partial charge in [0.2, 0.25) is 0 Å². The number of rotatable bonds is 3. The monoisotopic (exact) mass is 299 g/mol. The van der Waals surface area contributed by atoms with Crippen molar-refractivity contribution in [1.82, 2.24) is 15.6 Å². The SMILES string of the molecule is Cc1ccnc(CNC(=O)NC2CCc3ccc(F)cc32)c1. The molecule has 22 heavy (non-hydrogen) atoms. The number of halogens is 1. The van der Waals surface area contributed by atoms with Gasteiger partial charge in [0, 0.05) is 6.20 Å². The average molecular weight is 299 g/mol.